The molecule has 17 nitrogen and oxygen atoms in total. The molecule has 5 N–H and O–H groups in total. The van der Waals surface area contributed by atoms with Crippen molar-refractivity contribution in [1.29, 1.82) is 0 Å². The highest BCUT2D eigenvalue weighted by molar-refractivity contribution is 5.94. The second-order valence-corrected chi connectivity index (χ2v) is 14.8. The van der Waals surface area contributed by atoms with Crippen LogP contribution in [0.3, 0.4) is 0 Å². The predicted octanol–water partition coefficient (Wildman–Crippen LogP) is 2.83. The number of likely N-dealkylation sites (N-methyl/N-ethyl adjacent to an activating group) is 1. The number of rotatable bonds is 21. The first-order valence-corrected chi connectivity index (χ1v) is 20.7. The van der Waals surface area contributed by atoms with Crippen LogP contribution in [0.4, 0.5) is 0 Å². The third-order valence-electron chi connectivity index (χ3n) is 9.94. The number of amides is 1. The Balaban J connectivity index is 0.000000258. The quantitative estimate of drug-likeness (QED) is 0.0655. The van der Waals surface area contributed by atoms with Crippen molar-refractivity contribution in [2.24, 2.45) is 0 Å². The topological polar surface area (TPSA) is 232 Å². The predicted molar refractivity (Wildman–Crippen MR) is 235 cm³/mol. The highest BCUT2D eigenvalue weighted by Gasteiger charge is 2.32. The molecule has 0 unspecified atom stereocenters. The van der Waals surface area contributed by atoms with Crippen molar-refractivity contribution in [2.45, 2.75) is 70.6 Å². The molecule has 0 aliphatic heterocycles. The monoisotopic (exact) mass is 873 g/mol. The Kier molecular flexibility index (Phi) is 19.4. The molecule has 0 bridgehead atoms. The van der Waals surface area contributed by atoms with E-state index in [0.29, 0.717) is 50.4 Å². The molecule has 6 rings (SSSR count). The molecule has 0 fully saturated rings. The molecule has 0 aromatic carbocycles. The van der Waals surface area contributed by atoms with Gasteiger partial charge in [0.1, 0.15) is 24.4 Å². The zero-order valence-corrected chi connectivity index (χ0v) is 35.9. The van der Waals surface area contributed by atoms with E-state index < -0.39 is 36.9 Å². The molecule has 0 radical (unpaired) electrons. The summed E-state index contributed by atoms with van der Waals surface area (Å²) in [6, 6.07) is 30.3. The number of aliphatic hydroxyl groups is 5. The third kappa shape index (κ3) is 15.4. The van der Waals surface area contributed by atoms with Gasteiger partial charge >= 0.3 is 5.97 Å². The summed E-state index contributed by atoms with van der Waals surface area (Å²) in [7, 11) is 1.36. The number of hydrogen-bond donors (Lipinski definition) is 5. The summed E-state index contributed by atoms with van der Waals surface area (Å²) in [5.74, 6) is -0.795. The van der Waals surface area contributed by atoms with Crippen LogP contribution in [0.25, 0.3) is 0 Å². The van der Waals surface area contributed by atoms with E-state index >= 15 is 0 Å². The van der Waals surface area contributed by atoms with Crippen molar-refractivity contribution in [3.63, 3.8) is 0 Å². The van der Waals surface area contributed by atoms with Crippen LogP contribution in [0, 0.1) is 0 Å². The Morgan fingerprint density at radius 1 is 0.531 bits per heavy atom. The summed E-state index contributed by atoms with van der Waals surface area (Å²) in [6.45, 7) is 4.52. The molecule has 0 saturated carbocycles. The second-order valence-electron chi connectivity index (χ2n) is 14.8. The molecule has 0 aliphatic rings. The minimum absolute atomic E-state index is 0.227. The Morgan fingerprint density at radius 2 is 0.906 bits per heavy atom. The average Bonchev–Trinajstić information content (AvgIpc) is 3.34. The van der Waals surface area contributed by atoms with Gasteiger partial charge in [0.2, 0.25) is 0 Å². The van der Waals surface area contributed by atoms with Gasteiger partial charge in [-0.25, -0.2) is 4.79 Å². The molecule has 6 aromatic heterocycles. The van der Waals surface area contributed by atoms with Gasteiger partial charge in [-0.05, 0) is 79.7 Å². The fourth-order valence-electron chi connectivity index (χ4n) is 6.51. The lowest BCUT2D eigenvalue weighted by Gasteiger charge is -2.30. The Bertz CT molecular complexity index is 2170. The van der Waals surface area contributed by atoms with Crippen LogP contribution in [0.2, 0.25) is 0 Å². The number of ether oxygens (including phenoxy) is 1. The van der Waals surface area contributed by atoms with Gasteiger partial charge in [0.05, 0.1) is 59.0 Å². The highest BCUT2D eigenvalue weighted by Crippen LogP contribution is 2.15. The summed E-state index contributed by atoms with van der Waals surface area (Å²) in [4.78, 5) is 56.7. The van der Waals surface area contributed by atoms with Crippen molar-refractivity contribution in [2.75, 3.05) is 26.8 Å². The lowest BCUT2D eigenvalue weighted by atomic mass is 10.0. The fraction of sp³-hybridized carbons (Fsp3) is 0.319. The molecule has 6 aromatic rings. The summed E-state index contributed by atoms with van der Waals surface area (Å²) >= 11 is 0. The molecule has 1 amide bonds. The first-order chi connectivity index (χ1) is 31.1. The maximum Gasteiger partial charge on any atom is 0.339 e. The number of hydrogen-bond acceptors (Lipinski definition) is 16. The molecular formula is C47H55N9O8. The molecule has 64 heavy (non-hydrogen) atoms. The lowest BCUT2D eigenvalue weighted by Crippen LogP contribution is -2.50. The van der Waals surface area contributed by atoms with Gasteiger partial charge in [-0.3, -0.25) is 44.5 Å². The molecule has 6 heterocycles. The van der Waals surface area contributed by atoms with Crippen LogP contribution in [0.15, 0.2) is 134 Å². The number of carbonyl (C=O) groups is 2. The van der Waals surface area contributed by atoms with Gasteiger partial charge in [-0.15, -0.1) is 0 Å². The zero-order valence-electron chi connectivity index (χ0n) is 35.9. The zero-order chi connectivity index (χ0) is 45.7. The fourth-order valence-corrected chi connectivity index (χ4v) is 6.51. The van der Waals surface area contributed by atoms with Crippen molar-refractivity contribution < 1.29 is 39.9 Å². The summed E-state index contributed by atoms with van der Waals surface area (Å²) in [5, 5.41) is 48.7. The van der Waals surface area contributed by atoms with Crippen LogP contribution < -0.4 is 0 Å². The SMILES string of the molecule is CCN(C[C@H](O)[C@@H](O)[C@H](O)[C@H](O)CO)C(=O)c1ccc(CN(Cc2ccccn2)Cc2ccccn2)nc1.COC(=O)c1ccc(CN(Cc2ccccn2)Cc2ccccn2)nc1. The van der Waals surface area contributed by atoms with Crippen LogP contribution in [-0.4, -0.2) is 133 Å². The summed E-state index contributed by atoms with van der Waals surface area (Å²) < 4.78 is 4.71. The standard InChI is InChI=1S/C27H35N5O6.C20H20N4O2/c1-2-32(17-23(34)25(36)26(37)24(35)18-33)27(38)19-9-10-22(30-13-19)16-31(14-20-7-3-5-11-28-20)15-21-8-4-6-12-29-21;1-26-20(25)16-8-9-19(23-12-16)15-24(13-17-6-2-4-10-21-17)14-18-7-3-5-11-22-18/h3-13,23-26,33-37H,2,14-18H2,1H3;2-12H,13-15H2,1H3/t23-,24+,25+,26+;/m0./s1. The van der Waals surface area contributed by atoms with Gasteiger partial charge in [0.25, 0.3) is 5.91 Å². The first kappa shape index (κ1) is 48.6. The smallest absolute Gasteiger partial charge is 0.339 e. The Hall–Kier alpha value is -6.44. The lowest BCUT2D eigenvalue weighted by molar-refractivity contribution is -0.117. The van der Waals surface area contributed by atoms with E-state index in [1.165, 1.54) is 18.2 Å². The minimum atomic E-state index is -1.76. The van der Waals surface area contributed by atoms with E-state index in [4.69, 9.17) is 9.84 Å². The van der Waals surface area contributed by atoms with Gasteiger partial charge in [0, 0.05) is 89.5 Å². The highest BCUT2D eigenvalue weighted by atomic mass is 16.5. The number of esters is 1. The van der Waals surface area contributed by atoms with Gasteiger partial charge in [0.15, 0.2) is 0 Å². The van der Waals surface area contributed by atoms with Crippen LogP contribution in [0.5, 0.6) is 0 Å². The van der Waals surface area contributed by atoms with E-state index in [1.54, 1.807) is 56.1 Å². The number of nitrogens with zero attached hydrogens (tertiary/aromatic N) is 9. The molecule has 0 aliphatic carbocycles. The Morgan fingerprint density at radius 3 is 1.22 bits per heavy atom. The molecular weight excluding hydrogens is 819 g/mol. The van der Waals surface area contributed by atoms with Gasteiger partial charge in [-0.2, -0.15) is 0 Å². The molecule has 4 atom stereocenters. The van der Waals surface area contributed by atoms with E-state index in [2.05, 4.69) is 39.7 Å². The average molecular weight is 874 g/mol. The normalized spacial score (nSPS) is 13.0. The number of pyridine rings is 6. The van der Waals surface area contributed by atoms with Gasteiger partial charge < -0.3 is 35.2 Å². The van der Waals surface area contributed by atoms with Crippen molar-refractivity contribution in [1.82, 2.24) is 44.6 Å². The molecule has 17 heteroatoms. The number of aromatic nitrogens is 6. The molecule has 0 saturated heterocycles. The first-order valence-electron chi connectivity index (χ1n) is 20.7. The number of aliphatic hydroxyl groups excluding tert-OH is 5. The van der Waals surface area contributed by atoms with Gasteiger partial charge in [-0.1, -0.05) is 24.3 Å². The Labute approximate surface area is 372 Å². The number of carbonyl (C=O) groups excluding carboxylic acids is 2. The largest absolute Gasteiger partial charge is 0.465 e. The third-order valence-corrected chi connectivity index (χ3v) is 9.94. The summed E-state index contributed by atoms with van der Waals surface area (Å²) in [5.41, 5.74) is 6.13. The van der Waals surface area contributed by atoms with Crippen LogP contribution in [-0.2, 0) is 44.0 Å². The maximum absolute atomic E-state index is 13.0. The van der Waals surface area contributed by atoms with Crippen LogP contribution in [0.1, 0.15) is 61.8 Å². The van der Waals surface area contributed by atoms with E-state index in [1.807, 2.05) is 78.9 Å². The van der Waals surface area contributed by atoms with E-state index in [-0.39, 0.29) is 19.1 Å². The van der Waals surface area contributed by atoms with Crippen molar-refractivity contribution in [3.8, 4) is 0 Å². The van der Waals surface area contributed by atoms with Crippen molar-refractivity contribution in [3.05, 3.63) is 180 Å². The second kappa shape index (κ2) is 25.6. The van der Waals surface area contributed by atoms with E-state index in [0.717, 1.165) is 34.2 Å². The van der Waals surface area contributed by atoms with Crippen LogP contribution >= 0.6 is 0 Å². The van der Waals surface area contributed by atoms with Crippen molar-refractivity contribution >= 4 is 11.9 Å². The molecule has 336 valence electrons. The molecule has 0 spiro atoms. The van der Waals surface area contributed by atoms with E-state index in [9.17, 15) is 30.0 Å². The maximum atomic E-state index is 13.0. The number of methoxy groups -OCH3 is 1. The summed E-state index contributed by atoms with van der Waals surface area (Å²) in [6.07, 6.45) is 3.43. The minimum Gasteiger partial charge on any atom is -0.465 e.